The van der Waals surface area contributed by atoms with Gasteiger partial charge >= 0.3 is 5.97 Å². The molecule has 0 fully saturated rings. The number of aryl methyl sites for hydroxylation is 1. The first-order chi connectivity index (χ1) is 14.8. The molecule has 0 bridgehead atoms. The fraction of sp³-hybridized carbons (Fsp3) is 0.348. The Morgan fingerprint density at radius 3 is 2.19 bits per heavy atom. The van der Waals surface area contributed by atoms with Crippen molar-refractivity contribution >= 4 is 17.8 Å². The SMILES string of the molecule is CCOC(=O)c1c(C)[nH]c(C(=O)/C(C#N)=C\c2cc(OC)c(OCC)c(OC)c2)c1C. The number of carbonyl (C=O) groups is 2. The van der Waals surface area contributed by atoms with E-state index < -0.39 is 11.8 Å². The van der Waals surface area contributed by atoms with E-state index in [1.54, 1.807) is 32.9 Å². The van der Waals surface area contributed by atoms with Gasteiger partial charge in [-0.05, 0) is 57.0 Å². The standard InChI is InChI=1S/C23H26N2O6/c1-7-30-22-17(28-5)10-15(11-18(22)29-6)9-16(12-24)21(26)20-13(3)19(14(4)25-20)23(27)31-8-2/h9-11,25H,7-8H2,1-6H3/b16-9-. The number of benzene rings is 1. The summed E-state index contributed by atoms with van der Waals surface area (Å²) in [5.41, 5.74) is 1.80. The fourth-order valence-electron chi connectivity index (χ4n) is 3.21. The van der Waals surface area contributed by atoms with Crippen LogP contribution in [0.15, 0.2) is 17.7 Å². The van der Waals surface area contributed by atoms with Crippen LogP contribution in [0.3, 0.4) is 0 Å². The molecule has 0 radical (unpaired) electrons. The Labute approximate surface area is 181 Å². The van der Waals surface area contributed by atoms with Gasteiger partial charge in [0, 0.05) is 5.69 Å². The van der Waals surface area contributed by atoms with Gasteiger partial charge in [0.1, 0.15) is 11.6 Å². The predicted octanol–water partition coefficient (Wildman–Crippen LogP) is 4.01. The van der Waals surface area contributed by atoms with Gasteiger partial charge in [-0.3, -0.25) is 4.79 Å². The number of nitriles is 1. The molecule has 0 aliphatic rings. The van der Waals surface area contributed by atoms with E-state index in [1.807, 2.05) is 13.0 Å². The Morgan fingerprint density at radius 2 is 1.71 bits per heavy atom. The number of ether oxygens (including phenoxy) is 4. The molecule has 0 aliphatic carbocycles. The molecule has 1 aromatic carbocycles. The first-order valence-electron chi connectivity index (χ1n) is 9.74. The average molecular weight is 426 g/mol. The van der Waals surface area contributed by atoms with Crippen LogP contribution in [0, 0.1) is 25.2 Å². The van der Waals surface area contributed by atoms with Gasteiger partial charge in [-0.1, -0.05) is 0 Å². The average Bonchev–Trinajstić information content (AvgIpc) is 3.06. The molecule has 1 aromatic heterocycles. The summed E-state index contributed by atoms with van der Waals surface area (Å²) >= 11 is 0. The molecule has 0 spiro atoms. The van der Waals surface area contributed by atoms with Gasteiger partial charge < -0.3 is 23.9 Å². The molecule has 0 atom stereocenters. The van der Waals surface area contributed by atoms with Gasteiger partial charge in [0.2, 0.25) is 11.5 Å². The molecule has 8 nitrogen and oxygen atoms in total. The predicted molar refractivity (Wildman–Crippen MR) is 115 cm³/mol. The maximum Gasteiger partial charge on any atom is 0.340 e. The summed E-state index contributed by atoms with van der Waals surface area (Å²) in [5.74, 6) is 0.202. The van der Waals surface area contributed by atoms with Gasteiger partial charge in [-0.2, -0.15) is 5.26 Å². The summed E-state index contributed by atoms with van der Waals surface area (Å²) in [7, 11) is 2.98. The number of aromatic amines is 1. The molecule has 1 N–H and O–H groups in total. The quantitative estimate of drug-likeness (QED) is 0.279. The van der Waals surface area contributed by atoms with Crippen LogP contribution in [-0.4, -0.2) is 44.2 Å². The lowest BCUT2D eigenvalue weighted by Crippen LogP contribution is -2.08. The zero-order valence-corrected chi connectivity index (χ0v) is 18.5. The van der Waals surface area contributed by atoms with Gasteiger partial charge in [0.25, 0.3) is 0 Å². The van der Waals surface area contributed by atoms with E-state index in [0.717, 1.165) is 0 Å². The Kier molecular flexibility index (Phi) is 7.86. The summed E-state index contributed by atoms with van der Waals surface area (Å²) in [6.07, 6.45) is 1.43. The second kappa shape index (κ2) is 10.3. The normalized spacial score (nSPS) is 10.9. The molecule has 31 heavy (non-hydrogen) atoms. The number of rotatable bonds is 9. The zero-order chi connectivity index (χ0) is 23.1. The molecule has 164 valence electrons. The molecule has 0 aliphatic heterocycles. The van der Waals surface area contributed by atoms with Crippen LogP contribution in [0.1, 0.15) is 51.5 Å². The monoisotopic (exact) mass is 426 g/mol. The van der Waals surface area contributed by atoms with Crippen molar-refractivity contribution in [2.24, 2.45) is 0 Å². The number of hydrogen-bond donors (Lipinski definition) is 1. The lowest BCUT2D eigenvalue weighted by Gasteiger charge is -2.14. The van der Waals surface area contributed by atoms with Gasteiger partial charge in [0.15, 0.2) is 11.5 Å². The molecular formula is C23H26N2O6. The summed E-state index contributed by atoms with van der Waals surface area (Å²) in [6, 6.07) is 5.23. The molecule has 2 aromatic rings. The number of Topliss-reactive ketones (excluding diaryl/α,β-unsaturated/α-hetero) is 1. The van der Waals surface area contributed by atoms with Gasteiger partial charge in [-0.15, -0.1) is 0 Å². The highest BCUT2D eigenvalue weighted by Gasteiger charge is 2.25. The van der Waals surface area contributed by atoms with Crippen molar-refractivity contribution in [2.75, 3.05) is 27.4 Å². The van der Waals surface area contributed by atoms with Crippen LogP contribution in [-0.2, 0) is 4.74 Å². The van der Waals surface area contributed by atoms with Crippen molar-refractivity contribution in [2.45, 2.75) is 27.7 Å². The number of hydrogen-bond acceptors (Lipinski definition) is 7. The highest BCUT2D eigenvalue weighted by atomic mass is 16.5. The van der Waals surface area contributed by atoms with E-state index in [2.05, 4.69) is 4.98 Å². The third kappa shape index (κ3) is 4.89. The van der Waals surface area contributed by atoms with E-state index in [9.17, 15) is 14.9 Å². The van der Waals surface area contributed by atoms with Gasteiger partial charge in [0.05, 0.1) is 38.7 Å². The largest absolute Gasteiger partial charge is 0.493 e. The number of carbonyl (C=O) groups excluding carboxylic acids is 2. The molecule has 2 rings (SSSR count). The zero-order valence-electron chi connectivity index (χ0n) is 18.5. The minimum Gasteiger partial charge on any atom is -0.493 e. The van der Waals surface area contributed by atoms with E-state index in [4.69, 9.17) is 18.9 Å². The van der Waals surface area contributed by atoms with Crippen molar-refractivity contribution in [1.82, 2.24) is 4.98 Å². The van der Waals surface area contributed by atoms with E-state index >= 15 is 0 Å². The number of aromatic nitrogens is 1. The first kappa shape index (κ1) is 23.5. The summed E-state index contributed by atoms with van der Waals surface area (Å²) in [4.78, 5) is 28.2. The second-order valence-electron chi connectivity index (χ2n) is 6.53. The molecular weight excluding hydrogens is 400 g/mol. The topological polar surface area (TPSA) is 111 Å². The maximum atomic E-state index is 13.1. The number of esters is 1. The molecule has 1 heterocycles. The second-order valence-corrected chi connectivity index (χ2v) is 6.53. The van der Waals surface area contributed by atoms with Crippen LogP contribution in [0.25, 0.3) is 6.08 Å². The summed E-state index contributed by atoms with van der Waals surface area (Å²) in [6.45, 7) is 7.49. The maximum absolute atomic E-state index is 13.1. The minimum atomic E-state index is -0.537. The Hall–Kier alpha value is -3.73. The highest BCUT2D eigenvalue weighted by molar-refractivity contribution is 6.15. The van der Waals surface area contributed by atoms with Crippen molar-refractivity contribution in [1.29, 1.82) is 5.26 Å². The molecule has 0 saturated heterocycles. The van der Waals surface area contributed by atoms with E-state index in [0.29, 0.717) is 46.2 Å². The van der Waals surface area contributed by atoms with Crippen LogP contribution in [0.4, 0.5) is 0 Å². The third-order valence-corrected chi connectivity index (χ3v) is 4.59. The lowest BCUT2D eigenvalue weighted by atomic mass is 10.0. The van der Waals surface area contributed by atoms with Gasteiger partial charge in [-0.25, -0.2) is 4.79 Å². The van der Waals surface area contributed by atoms with Crippen LogP contribution in [0.2, 0.25) is 0 Å². The van der Waals surface area contributed by atoms with Crippen molar-refractivity contribution in [3.63, 3.8) is 0 Å². The smallest absolute Gasteiger partial charge is 0.340 e. The molecule has 0 unspecified atom stereocenters. The number of ketones is 1. The molecule has 0 saturated carbocycles. The molecule has 8 heteroatoms. The first-order valence-corrected chi connectivity index (χ1v) is 9.74. The summed E-state index contributed by atoms with van der Waals surface area (Å²) < 4.78 is 21.4. The number of nitrogens with zero attached hydrogens (tertiary/aromatic N) is 1. The Bertz CT molecular complexity index is 1030. The number of nitrogens with one attached hydrogen (secondary N) is 1. The molecule has 0 amide bonds. The van der Waals surface area contributed by atoms with Crippen LogP contribution in [0.5, 0.6) is 17.2 Å². The number of methoxy groups -OCH3 is 2. The third-order valence-electron chi connectivity index (χ3n) is 4.59. The number of allylic oxidation sites excluding steroid dienone is 1. The number of H-pyrrole nitrogens is 1. The van der Waals surface area contributed by atoms with Crippen molar-refractivity contribution in [3.05, 3.63) is 45.8 Å². The van der Waals surface area contributed by atoms with E-state index in [1.165, 1.54) is 20.3 Å². The van der Waals surface area contributed by atoms with Crippen molar-refractivity contribution < 1.29 is 28.5 Å². The van der Waals surface area contributed by atoms with Crippen LogP contribution >= 0.6 is 0 Å². The van der Waals surface area contributed by atoms with E-state index in [-0.39, 0.29) is 17.9 Å². The Morgan fingerprint density at radius 1 is 1.10 bits per heavy atom. The van der Waals surface area contributed by atoms with Crippen LogP contribution < -0.4 is 14.2 Å². The lowest BCUT2D eigenvalue weighted by molar-refractivity contribution is 0.0525. The Balaban J connectivity index is 2.52. The van der Waals surface area contributed by atoms with Crippen molar-refractivity contribution in [3.8, 4) is 23.3 Å². The fourth-order valence-corrected chi connectivity index (χ4v) is 3.21. The minimum absolute atomic E-state index is 0.118. The summed E-state index contributed by atoms with van der Waals surface area (Å²) in [5, 5.41) is 9.64. The highest BCUT2D eigenvalue weighted by Crippen LogP contribution is 2.39.